The van der Waals surface area contributed by atoms with Gasteiger partial charge in [-0.15, -0.1) is 0 Å². The normalized spacial score (nSPS) is 24.7. The second kappa shape index (κ2) is 9.48. The van der Waals surface area contributed by atoms with Gasteiger partial charge in [0, 0.05) is 26.2 Å². The fourth-order valence-corrected chi connectivity index (χ4v) is 3.32. The van der Waals surface area contributed by atoms with Crippen LogP contribution in [0.5, 0.6) is 0 Å². The monoisotopic (exact) mass is 313 g/mol. The van der Waals surface area contributed by atoms with E-state index in [0.717, 1.165) is 39.3 Å². The summed E-state index contributed by atoms with van der Waals surface area (Å²) in [5.41, 5.74) is 0. The van der Waals surface area contributed by atoms with Gasteiger partial charge >= 0.3 is 0 Å². The van der Waals surface area contributed by atoms with E-state index >= 15 is 0 Å². The third kappa shape index (κ3) is 5.86. The second-order valence-corrected chi connectivity index (χ2v) is 6.72. The molecule has 0 radical (unpaired) electrons. The number of amides is 1. The molecule has 1 rings (SSSR count). The number of hydrogen-bond donors (Lipinski definition) is 1. The average Bonchev–Trinajstić information content (AvgIpc) is 2.42. The van der Waals surface area contributed by atoms with Crippen LogP contribution in [0.1, 0.15) is 41.5 Å². The first kappa shape index (κ1) is 19.4. The van der Waals surface area contributed by atoms with Crippen LogP contribution in [0.3, 0.4) is 0 Å². The van der Waals surface area contributed by atoms with Gasteiger partial charge in [0.1, 0.15) is 0 Å². The van der Waals surface area contributed by atoms with Gasteiger partial charge in [-0.05, 0) is 32.9 Å². The molecule has 1 N–H and O–H groups in total. The maximum Gasteiger partial charge on any atom is 0.237 e. The highest BCUT2D eigenvalue weighted by Crippen LogP contribution is 2.18. The Balaban J connectivity index is 2.56. The van der Waals surface area contributed by atoms with E-state index in [-0.39, 0.29) is 24.2 Å². The zero-order chi connectivity index (χ0) is 16.7. The Bertz CT molecular complexity index is 322. The Morgan fingerprint density at radius 2 is 1.77 bits per heavy atom. The first-order valence-electron chi connectivity index (χ1n) is 8.78. The van der Waals surface area contributed by atoms with Crippen molar-refractivity contribution in [2.24, 2.45) is 5.92 Å². The number of rotatable bonds is 8. The SMILES string of the molecule is CCN(CC)CCNC(=O)C(C(C)C)N1CC(C)OC(C)C1. The maximum absolute atomic E-state index is 12.6. The molecule has 0 aromatic rings. The van der Waals surface area contributed by atoms with Crippen LogP contribution < -0.4 is 5.32 Å². The van der Waals surface area contributed by atoms with Crippen molar-refractivity contribution in [1.29, 1.82) is 0 Å². The van der Waals surface area contributed by atoms with Crippen molar-refractivity contribution < 1.29 is 9.53 Å². The summed E-state index contributed by atoms with van der Waals surface area (Å²) in [6.07, 6.45) is 0.377. The summed E-state index contributed by atoms with van der Waals surface area (Å²) in [7, 11) is 0. The highest BCUT2D eigenvalue weighted by atomic mass is 16.5. The van der Waals surface area contributed by atoms with Crippen LogP contribution in [0.15, 0.2) is 0 Å². The highest BCUT2D eigenvalue weighted by Gasteiger charge is 2.33. The molecule has 0 spiro atoms. The first-order valence-corrected chi connectivity index (χ1v) is 8.78. The molecule has 1 amide bonds. The molecule has 1 aliphatic heterocycles. The van der Waals surface area contributed by atoms with E-state index < -0.39 is 0 Å². The lowest BCUT2D eigenvalue weighted by molar-refractivity contribution is -0.135. The smallest absolute Gasteiger partial charge is 0.237 e. The number of morpholine rings is 1. The topological polar surface area (TPSA) is 44.8 Å². The molecule has 0 saturated carbocycles. The van der Waals surface area contributed by atoms with Crippen LogP contribution in [0.2, 0.25) is 0 Å². The highest BCUT2D eigenvalue weighted by molar-refractivity contribution is 5.82. The fourth-order valence-electron chi connectivity index (χ4n) is 3.32. The average molecular weight is 313 g/mol. The maximum atomic E-state index is 12.6. The van der Waals surface area contributed by atoms with Crippen LogP contribution in [0.4, 0.5) is 0 Å². The van der Waals surface area contributed by atoms with Crippen molar-refractivity contribution in [1.82, 2.24) is 15.1 Å². The molecule has 1 fully saturated rings. The Labute approximate surface area is 136 Å². The van der Waals surface area contributed by atoms with Crippen molar-refractivity contribution in [3.05, 3.63) is 0 Å². The predicted octanol–water partition coefficient (Wildman–Crippen LogP) is 1.58. The van der Waals surface area contributed by atoms with Gasteiger partial charge in [0.25, 0.3) is 0 Å². The Hall–Kier alpha value is -0.650. The molecule has 22 heavy (non-hydrogen) atoms. The van der Waals surface area contributed by atoms with E-state index in [1.54, 1.807) is 0 Å². The number of likely N-dealkylation sites (N-methyl/N-ethyl adjacent to an activating group) is 1. The van der Waals surface area contributed by atoms with Crippen molar-refractivity contribution in [2.75, 3.05) is 39.3 Å². The summed E-state index contributed by atoms with van der Waals surface area (Å²) in [6.45, 7) is 18.1. The molecule has 1 aliphatic rings. The van der Waals surface area contributed by atoms with Gasteiger partial charge in [-0.25, -0.2) is 0 Å². The number of carbonyl (C=O) groups excluding carboxylic acids is 1. The van der Waals surface area contributed by atoms with E-state index in [2.05, 4.69) is 56.7 Å². The number of ether oxygens (including phenoxy) is 1. The van der Waals surface area contributed by atoms with E-state index in [1.165, 1.54) is 0 Å². The van der Waals surface area contributed by atoms with E-state index in [4.69, 9.17) is 4.74 Å². The standard InChI is InChI=1S/C17H35N3O2/c1-7-19(8-2)10-9-18-17(21)16(13(3)4)20-11-14(5)22-15(6)12-20/h13-16H,7-12H2,1-6H3,(H,18,21). The van der Waals surface area contributed by atoms with Gasteiger partial charge in [-0.2, -0.15) is 0 Å². The van der Waals surface area contributed by atoms with Gasteiger partial charge in [0.2, 0.25) is 5.91 Å². The quantitative estimate of drug-likeness (QED) is 0.739. The van der Waals surface area contributed by atoms with Gasteiger partial charge in [-0.1, -0.05) is 27.7 Å². The van der Waals surface area contributed by atoms with E-state index in [9.17, 15) is 4.79 Å². The summed E-state index contributed by atoms with van der Waals surface area (Å²) in [5, 5.41) is 3.13. The number of carbonyl (C=O) groups is 1. The minimum absolute atomic E-state index is 0.0643. The minimum Gasteiger partial charge on any atom is -0.373 e. The fraction of sp³-hybridized carbons (Fsp3) is 0.941. The van der Waals surface area contributed by atoms with Crippen LogP contribution in [0, 0.1) is 5.92 Å². The molecular weight excluding hydrogens is 278 g/mol. The lowest BCUT2D eigenvalue weighted by Crippen LogP contribution is -2.57. The number of nitrogens with one attached hydrogen (secondary N) is 1. The summed E-state index contributed by atoms with van der Waals surface area (Å²) in [5.74, 6) is 0.453. The van der Waals surface area contributed by atoms with Crippen LogP contribution in [-0.2, 0) is 9.53 Å². The van der Waals surface area contributed by atoms with Crippen molar-refractivity contribution in [3.8, 4) is 0 Å². The molecule has 0 aromatic heterocycles. The molecule has 5 nitrogen and oxygen atoms in total. The summed E-state index contributed by atoms with van der Waals surface area (Å²) >= 11 is 0. The summed E-state index contributed by atoms with van der Waals surface area (Å²) in [4.78, 5) is 17.3. The van der Waals surface area contributed by atoms with E-state index in [0.29, 0.717) is 5.92 Å². The molecule has 3 atom stereocenters. The Morgan fingerprint density at radius 1 is 1.23 bits per heavy atom. The molecule has 0 aromatic carbocycles. The minimum atomic E-state index is -0.0643. The molecular formula is C17H35N3O2. The number of hydrogen-bond acceptors (Lipinski definition) is 4. The Morgan fingerprint density at radius 3 is 2.23 bits per heavy atom. The van der Waals surface area contributed by atoms with Gasteiger partial charge in [-0.3, -0.25) is 9.69 Å². The van der Waals surface area contributed by atoms with E-state index in [1.807, 2.05) is 0 Å². The molecule has 0 bridgehead atoms. The van der Waals surface area contributed by atoms with Crippen molar-refractivity contribution in [3.63, 3.8) is 0 Å². The third-order valence-corrected chi connectivity index (χ3v) is 4.36. The molecule has 1 saturated heterocycles. The predicted molar refractivity (Wildman–Crippen MR) is 91.0 cm³/mol. The first-order chi connectivity index (χ1) is 10.4. The van der Waals surface area contributed by atoms with Gasteiger partial charge in [0.05, 0.1) is 18.2 Å². The molecule has 130 valence electrons. The van der Waals surface area contributed by atoms with Crippen molar-refractivity contribution in [2.45, 2.75) is 59.8 Å². The van der Waals surface area contributed by atoms with Gasteiger partial charge < -0.3 is 15.0 Å². The van der Waals surface area contributed by atoms with Crippen LogP contribution in [-0.4, -0.2) is 73.2 Å². The molecule has 5 heteroatoms. The molecule has 0 aliphatic carbocycles. The summed E-state index contributed by atoms with van der Waals surface area (Å²) < 4.78 is 5.79. The lowest BCUT2D eigenvalue weighted by Gasteiger charge is -2.41. The van der Waals surface area contributed by atoms with Crippen molar-refractivity contribution >= 4 is 5.91 Å². The van der Waals surface area contributed by atoms with Gasteiger partial charge in [0.15, 0.2) is 0 Å². The Kier molecular flexibility index (Phi) is 8.36. The third-order valence-electron chi connectivity index (χ3n) is 4.36. The largest absolute Gasteiger partial charge is 0.373 e. The lowest BCUT2D eigenvalue weighted by atomic mass is 9.99. The van der Waals surface area contributed by atoms with Crippen LogP contribution >= 0.6 is 0 Å². The second-order valence-electron chi connectivity index (χ2n) is 6.72. The van der Waals surface area contributed by atoms with Crippen LogP contribution in [0.25, 0.3) is 0 Å². The summed E-state index contributed by atoms with van der Waals surface area (Å²) in [6, 6.07) is -0.0643. The zero-order valence-corrected chi connectivity index (χ0v) is 15.3. The molecule has 1 heterocycles. The zero-order valence-electron chi connectivity index (χ0n) is 15.3. The number of nitrogens with zero attached hydrogens (tertiary/aromatic N) is 2. The molecule has 3 unspecified atom stereocenters.